The fraction of sp³-hybridized carbons (Fsp3) is 1.00. The van der Waals surface area contributed by atoms with Crippen molar-refractivity contribution >= 4 is 0 Å². The van der Waals surface area contributed by atoms with E-state index in [0.717, 1.165) is 0 Å². The molecule has 0 bridgehead atoms. The fourth-order valence-corrected chi connectivity index (χ4v) is 1.34. The van der Waals surface area contributed by atoms with Crippen LogP contribution >= 0.6 is 0 Å². The highest BCUT2D eigenvalue weighted by molar-refractivity contribution is 4.66. The lowest BCUT2D eigenvalue weighted by Crippen LogP contribution is -2.40. The first-order valence-electron chi connectivity index (χ1n) is 4.68. The van der Waals surface area contributed by atoms with Gasteiger partial charge in [0.2, 0.25) is 0 Å². The summed E-state index contributed by atoms with van der Waals surface area (Å²) in [6.45, 7) is 6.52. The Hall–Kier alpha value is -0.200. The smallest absolute Gasteiger partial charge is 0.0639 e. The van der Waals surface area contributed by atoms with Gasteiger partial charge in [-0.2, -0.15) is 0 Å². The van der Waals surface area contributed by atoms with E-state index in [1.54, 1.807) is 20.8 Å². The van der Waals surface area contributed by atoms with E-state index in [0.29, 0.717) is 19.6 Å². The van der Waals surface area contributed by atoms with Gasteiger partial charge in [-0.3, -0.25) is 4.90 Å². The third kappa shape index (κ3) is 9.88. The molecule has 0 aromatic rings. The highest BCUT2D eigenvalue weighted by Gasteiger charge is 2.12. The second-order valence-electron chi connectivity index (χ2n) is 3.77. The van der Waals surface area contributed by atoms with Crippen molar-refractivity contribution in [2.24, 2.45) is 0 Å². The lowest BCUT2D eigenvalue weighted by molar-refractivity contribution is 0.0530. The first kappa shape index (κ1) is 16.2. The Kier molecular flexibility index (Phi) is 9.44. The molecule has 6 N–H and O–H groups in total. The van der Waals surface area contributed by atoms with Crippen LogP contribution < -0.4 is 6.15 Å². The maximum atomic E-state index is 9.14. The molecule has 3 atom stereocenters. The van der Waals surface area contributed by atoms with Crippen LogP contribution in [0.3, 0.4) is 0 Å². The molecular formula is C9H24N2O3. The summed E-state index contributed by atoms with van der Waals surface area (Å²) in [7, 11) is 0. The van der Waals surface area contributed by atoms with Crippen LogP contribution in [0.5, 0.6) is 0 Å². The molecule has 0 aliphatic heterocycles. The van der Waals surface area contributed by atoms with Gasteiger partial charge in [-0.1, -0.05) is 0 Å². The predicted molar refractivity (Wildman–Crippen MR) is 56.5 cm³/mol. The van der Waals surface area contributed by atoms with E-state index in [4.69, 9.17) is 15.3 Å². The van der Waals surface area contributed by atoms with Crippen molar-refractivity contribution in [3.8, 4) is 0 Å². The maximum Gasteiger partial charge on any atom is 0.0639 e. The van der Waals surface area contributed by atoms with E-state index in [1.807, 2.05) is 4.90 Å². The van der Waals surface area contributed by atoms with Crippen LogP contribution in [0.4, 0.5) is 0 Å². The van der Waals surface area contributed by atoms with Gasteiger partial charge in [-0.05, 0) is 20.8 Å². The fourth-order valence-electron chi connectivity index (χ4n) is 1.34. The van der Waals surface area contributed by atoms with E-state index in [9.17, 15) is 0 Å². The first-order chi connectivity index (χ1) is 5.91. The van der Waals surface area contributed by atoms with Gasteiger partial charge < -0.3 is 21.5 Å². The molecule has 5 nitrogen and oxygen atoms in total. The normalized spacial score (nSPS) is 17.4. The monoisotopic (exact) mass is 208 g/mol. The number of hydrogen-bond acceptors (Lipinski definition) is 5. The molecule has 0 saturated carbocycles. The summed E-state index contributed by atoms with van der Waals surface area (Å²) < 4.78 is 0. The largest absolute Gasteiger partial charge is 0.392 e. The topological polar surface area (TPSA) is 98.9 Å². The second kappa shape index (κ2) is 8.14. The van der Waals surface area contributed by atoms with Gasteiger partial charge in [0.25, 0.3) is 0 Å². The minimum atomic E-state index is -0.433. The summed E-state index contributed by atoms with van der Waals surface area (Å²) in [5.74, 6) is 0. The van der Waals surface area contributed by atoms with Crippen molar-refractivity contribution in [3.05, 3.63) is 0 Å². The molecule has 0 rings (SSSR count). The number of hydrogen-bond donors (Lipinski definition) is 4. The number of rotatable bonds is 6. The third-order valence-corrected chi connectivity index (χ3v) is 1.57. The lowest BCUT2D eigenvalue weighted by Gasteiger charge is -2.25. The highest BCUT2D eigenvalue weighted by Crippen LogP contribution is 1.97. The molecule has 0 radical (unpaired) electrons. The Morgan fingerprint density at radius 2 is 1.00 bits per heavy atom. The van der Waals surface area contributed by atoms with Crippen molar-refractivity contribution < 1.29 is 15.3 Å². The standard InChI is InChI=1S/C9H21NO3.H3N/c1-7(11)4-10(5-8(2)12)6-9(3)13;/h7-9,11-13H,4-6H2,1-3H3;1H3. The summed E-state index contributed by atoms with van der Waals surface area (Å²) in [5, 5.41) is 27.4. The predicted octanol–water partition coefficient (Wildman–Crippen LogP) is -0.407. The Balaban J connectivity index is 0. The molecule has 88 valence electrons. The van der Waals surface area contributed by atoms with Gasteiger partial charge in [-0.25, -0.2) is 0 Å². The van der Waals surface area contributed by atoms with E-state index >= 15 is 0 Å². The Labute approximate surface area is 85.9 Å². The highest BCUT2D eigenvalue weighted by atomic mass is 16.3. The summed E-state index contributed by atoms with van der Waals surface area (Å²) >= 11 is 0. The van der Waals surface area contributed by atoms with Crippen molar-refractivity contribution in [2.75, 3.05) is 19.6 Å². The van der Waals surface area contributed by atoms with Gasteiger partial charge in [0, 0.05) is 19.6 Å². The summed E-state index contributed by atoms with van der Waals surface area (Å²) in [6.07, 6.45) is -1.30. The van der Waals surface area contributed by atoms with Crippen LogP contribution in [0, 0.1) is 0 Å². The molecule has 0 aromatic carbocycles. The van der Waals surface area contributed by atoms with Crippen LogP contribution in [-0.4, -0.2) is 58.2 Å². The Morgan fingerprint density at radius 3 is 1.14 bits per heavy atom. The Bertz CT molecular complexity index is 105. The zero-order chi connectivity index (χ0) is 10.4. The van der Waals surface area contributed by atoms with Crippen LogP contribution in [0.15, 0.2) is 0 Å². The number of aliphatic hydroxyl groups is 3. The lowest BCUT2D eigenvalue weighted by atomic mass is 10.2. The molecule has 0 amide bonds. The molecule has 3 unspecified atom stereocenters. The average molecular weight is 208 g/mol. The van der Waals surface area contributed by atoms with E-state index in [1.165, 1.54) is 0 Å². The third-order valence-electron chi connectivity index (χ3n) is 1.57. The van der Waals surface area contributed by atoms with Crippen molar-refractivity contribution in [1.29, 1.82) is 0 Å². The van der Waals surface area contributed by atoms with Crippen molar-refractivity contribution in [2.45, 2.75) is 39.1 Å². The van der Waals surface area contributed by atoms with E-state index in [-0.39, 0.29) is 6.15 Å². The van der Waals surface area contributed by atoms with E-state index in [2.05, 4.69) is 0 Å². The number of nitrogens with zero attached hydrogens (tertiary/aromatic N) is 1. The second-order valence-corrected chi connectivity index (χ2v) is 3.77. The summed E-state index contributed by atoms with van der Waals surface area (Å²) in [4.78, 5) is 1.85. The molecule has 0 aliphatic rings. The zero-order valence-corrected chi connectivity index (χ0v) is 9.35. The van der Waals surface area contributed by atoms with Crippen LogP contribution in [0.2, 0.25) is 0 Å². The molecule has 0 aromatic heterocycles. The molecule has 0 saturated heterocycles. The van der Waals surface area contributed by atoms with Crippen LogP contribution in [-0.2, 0) is 0 Å². The van der Waals surface area contributed by atoms with E-state index < -0.39 is 18.3 Å². The quantitative estimate of drug-likeness (QED) is 0.476. The minimum Gasteiger partial charge on any atom is -0.392 e. The molecule has 0 fully saturated rings. The van der Waals surface area contributed by atoms with Crippen molar-refractivity contribution in [1.82, 2.24) is 11.1 Å². The van der Waals surface area contributed by atoms with Gasteiger partial charge in [0.05, 0.1) is 18.3 Å². The maximum absolute atomic E-state index is 9.14. The summed E-state index contributed by atoms with van der Waals surface area (Å²) in [5.41, 5.74) is 0. The van der Waals surface area contributed by atoms with Crippen molar-refractivity contribution in [3.63, 3.8) is 0 Å². The SMILES string of the molecule is CC(O)CN(CC(C)O)CC(C)O.N. The zero-order valence-electron chi connectivity index (χ0n) is 9.35. The van der Waals surface area contributed by atoms with Crippen LogP contribution in [0.25, 0.3) is 0 Å². The average Bonchev–Trinajstić information content (AvgIpc) is 1.80. The van der Waals surface area contributed by atoms with Gasteiger partial charge in [0.15, 0.2) is 0 Å². The molecule has 0 heterocycles. The van der Waals surface area contributed by atoms with Crippen LogP contribution in [0.1, 0.15) is 20.8 Å². The summed E-state index contributed by atoms with van der Waals surface area (Å²) in [6, 6.07) is 0. The molecule has 14 heavy (non-hydrogen) atoms. The molecule has 0 spiro atoms. The first-order valence-corrected chi connectivity index (χ1v) is 4.68. The molecule has 0 aliphatic carbocycles. The van der Waals surface area contributed by atoms with Gasteiger partial charge in [0.1, 0.15) is 0 Å². The van der Waals surface area contributed by atoms with Gasteiger partial charge in [-0.15, -0.1) is 0 Å². The molecular weight excluding hydrogens is 184 g/mol. The number of aliphatic hydroxyl groups excluding tert-OH is 3. The Morgan fingerprint density at radius 1 is 0.786 bits per heavy atom. The minimum absolute atomic E-state index is 0. The van der Waals surface area contributed by atoms with Gasteiger partial charge >= 0.3 is 0 Å². The molecule has 5 heteroatoms.